The van der Waals surface area contributed by atoms with E-state index in [4.69, 9.17) is 0 Å². The van der Waals surface area contributed by atoms with E-state index in [1.165, 1.54) is 18.4 Å². The SMILES string of the molecule is CN=C(NCc1nnc2n1CCCC2)NCC(C)(C)c1ccccc1. The van der Waals surface area contributed by atoms with E-state index in [1.54, 1.807) is 7.05 Å². The summed E-state index contributed by atoms with van der Waals surface area (Å²) in [6.07, 6.45) is 3.45. The summed E-state index contributed by atoms with van der Waals surface area (Å²) < 4.78 is 2.23. The number of hydrogen-bond donors (Lipinski definition) is 2. The van der Waals surface area contributed by atoms with Gasteiger partial charge in [-0.2, -0.15) is 0 Å². The summed E-state index contributed by atoms with van der Waals surface area (Å²) in [5, 5.41) is 15.4. The lowest BCUT2D eigenvalue weighted by Gasteiger charge is -2.26. The fourth-order valence-corrected chi connectivity index (χ4v) is 3.18. The van der Waals surface area contributed by atoms with E-state index in [0.717, 1.165) is 37.1 Å². The van der Waals surface area contributed by atoms with Crippen LogP contribution in [0.5, 0.6) is 0 Å². The van der Waals surface area contributed by atoms with Gasteiger partial charge in [0, 0.05) is 32.0 Å². The molecule has 134 valence electrons. The number of hydrogen-bond acceptors (Lipinski definition) is 3. The second-order valence-electron chi connectivity index (χ2n) is 7.17. The zero-order chi connectivity index (χ0) is 17.7. The topological polar surface area (TPSA) is 67.1 Å². The molecule has 0 radical (unpaired) electrons. The number of nitrogens with zero attached hydrogens (tertiary/aromatic N) is 4. The van der Waals surface area contributed by atoms with Crippen LogP contribution in [0.2, 0.25) is 0 Å². The first kappa shape index (κ1) is 17.5. The third-order valence-corrected chi connectivity index (χ3v) is 4.83. The highest BCUT2D eigenvalue weighted by molar-refractivity contribution is 5.79. The van der Waals surface area contributed by atoms with Crippen molar-refractivity contribution in [1.82, 2.24) is 25.4 Å². The Morgan fingerprint density at radius 3 is 2.72 bits per heavy atom. The minimum absolute atomic E-state index is 0.0207. The molecule has 2 heterocycles. The van der Waals surface area contributed by atoms with Crippen LogP contribution in [0.4, 0.5) is 0 Å². The Balaban J connectivity index is 1.56. The summed E-state index contributed by atoms with van der Waals surface area (Å²) in [5.74, 6) is 2.88. The number of nitrogens with one attached hydrogen (secondary N) is 2. The maximum absolute atomic E-state index is 4.33. The van der Waals surface area contributed by atoms with Gasteiger partial charge >= 0.3 is 0 Å². The van der Waals surface area contributed by atoms with Crippen LogP contribution in [-0.2, 0) is 24.9 Å². The predicted octanol–water partition coefficient (Wildman–Crippen LogP) is 2.26. The number of benzene rings is 1. The van der Waals surface area contributed by atoms with Crippen molar-refractivity contribution >= 4 is 5.96 Å². The highest BCUT2D eigenvalue weighted by atomic mass is 15.3. The Hall–Kier alpha value is -2.37. The molecule has 2 aromatic rings. The maximum atomic E-state index is 4.33. The summed E-state index contributed by atoms with van der Waals surface area (Å²) in [6.45, 7) is 6.93. The van der Waals surface area contributed by atoms with Crippen LogP contribution in [0.3, 0.4) is 0 Å². The van der Waals surface area contributed by atoms with E-state index in [1.807, 2.05) is 6.07 Å². The molecule has 0 saturated heterocycles. The van der Waals surface area contributed by atoms with E-state index >= 15 is 0 Å². The van der Waals surface area contributed by atoms with Gasteiger partial charge in [0.25, 0.3) is 0 Å². The summed E-state index contributed by atoms with van der Waals surface area (Å²) in [6, 6.07) is 10.5. The molecule has 0 saturated carbocycles. The molecule has 25 heavy (non-hydrogen) atoms. The van der Waals surface area contributed by atoms with E-state index in [-0.39, 0.29) is 5.41 Å². The highest BCUT2D eigenvalue weighted by Gasteiger charge is 2.21. The van der Waals surface area contributed by atoms with Crippen molar-refractivity contribution in [3.05, 3.63) is 47.5 Å². The zero-order valence-electron chi connectivity index (χ0n) is 15.4. The smallest absolute Gasteiger partial charge is 0.191 e. The van der Waals surface area contributed by atoms with Crippen LogP contribution in [0.25, 0.3) is 0 Å². The Kier molecular flexibility index (Phi) is 5.36. The number of aryl methyl sites for hydroxylation is 1. The molecule has 2 N–H and O–H groups in total. The van der Waals surface area contributed by atoms with Crippen LogP contribution in [0.15, 0.2) is 35.3 Å². The van der Waals surface area contributed by atoms with E-state index < -0.39 is 0 Å². The highest BCUT2D eigenvalue weighted by Crippen LogP contribution is 2.21. The van der Waals surface area contributed by atoms with Crippen molar-refractivity contribution in [2.45, 2.75) is 51.6 Å². The number of rotatable bonds is 5. The number of fused-ring (bicyclic) bond motifs is 1. The van der Waals surface area contributed by atoms with E-state index in [2.05, 4.69) is 68.5 Å². The van der Waals surface area contributed by atoms with E-state index in [9.17, 15) is 0 Å². The van der Waals surface area contributed by atoms with Gasteiger partial charge < -0.3 is 15.2 Å². The Morgan fingerprint density at radius 1 is 1.16 bits per heavy atom. The number of aromatic nitrogens is 3. The normalized spacial score (nSPS) is 14.9. The van der Waals surface area contributed by atoms with Crippen molar-refractivity contribution in [2.75, 3.05) is 13.6 Å². The summed E-state index contributed by atoms with van der Waals surface area (Å²) in [7, 11) is 1.80. The predicted molar refractivity (Wildman–Crippen MR) is 101 cm³/mol. The van der Waals surface area contributed by atoms with Gasteiger partial charge in [-0.25, -0.2) is 0 Å². The summed E-state index contributed by atoms with van der Waals surface area (Å²) in [4.78, 5) is 4.33. The van der Waals surface area contributed by atoms with Gasteiger partial charge in [-0.3, -0.25) is 4.99 Å². The third-order valence-electron chi connectivity index (χ3n) is 4.83. The minimum Gasteiger partial charge on any atom is -0.356 e. The van der Waals surface area contributed by atoms with Gasteiger partial charge in [0.15, 0.2) is 11.8 Å². The monoisotopic (exact) mass is 340 g/mol. The van der Waals surface area contributed by atoms with Crippen LogP contribution in [0, 0.1) is 0 Å². The number of guanidine groups is 1. The fraction of sp³-hybridized carbons (Fsp3) is 0.526. The van der Waals surface area contributed by atoms with Crippen LogP contribution >= 0.6 is 0 Å². The quantitative estimate of drug-likeness (QED) is 0.647. The lowest BCUT2D eigenvalue weighted by atomic mass is 9.85. The Labute approximate surface area is 149 Å². The van der Waals surface area contributed by atoms with Crippen molar-refractivity contribution in [2.24, 2.45) is 4.99 Å². The lowest BCUT2D eigenvalue weighted by molar-refractivity contribution is 0.499. The first-order valence-corrected chi connectivity index (χ1v) is 9.01. The summed E-state index contributed by atoms with van der Waals surface area (Å²) >= 11 is 0. The van der Waals surface area contributed by atoms with Gasteiger partial charge in [-0.1, -0.05) is 44.2 Å². The molecule has 0 atom stereocenters. The van der Waals surface area contributed by atoms with Crippen LogP contribution in [-0.4, -0.2) is 34.3 Å². The molecule has 1 aromatic carbocycles. The molecule has 0 bridgehead atoms. The van der Waals surface area contributed by atoms with Gasteiger partial charge in [0.1, 0.15) is 5.82 Å². The average molecular weight is 340 g/mol. The van der Waals surface area contributed by atoms with Crippen LogP contribution in [0.1, 0.15) is 43.9 Å². The van der Waals surface area contributed by atoms with Crippen molar-refractivity contribution < 1.29 is 0 Å². The molecule has 0 aliphatic carbocycles. The lowest BCUT2D eigenvalue weighted by Crippen LogP contribution is -2.43. The van der Waals surface area contributed by atoms with Crippen molar-refractivity contribution in [3.63, 3.8) is 0 Å². The fourth-order valence-electron chi connectivity index (χ4n) is 3.18. The van der Waals surface area contributed by atoms with Crippen molar-refractivity contribution in [1.29, 1.82) is 0 Å². The third kappa shape index (κ3) is 4.18. The van der Waals surface area contributed by atoms with Gasteiger partial charge in [-0.05, 0) is 18.4 Å². The van der Waals surface area contributed by atoms with Gasteiger partial charge in [-0.15, -0.1) is 10.2 Å². The second-order valence-corrected chi connectivity index (χ2v) is 7.17. The standard InChI is InChI=1S/C19H28N6/c1-19(2,15-9-5-4-6-10-15)14-22-18(20-3)21-13-17-24-23-16-11-7-8-12-25(16)17/h4-6,9-10H,7-8,11-14H2,1-3H3,(H2,20,21,22). The largest absolute Gasteiger partial charge is 0.356 e. The first-order valence-electron chi connectivity index (χ1n) is 9.01. The number of aliphatic imine (C=N–C) groups is 1. The molecule has 1 aromatic heterocycles. The average Bonchev–Trinajstić information content (AvgIpc) is 3.06. The van der Waals surface area contributed by atoms with Crippen LogP contribution < -0.4 is 10.6 Å². The Morgan fingerprint density at radius 2 is 1.96 bits per heavy atom. The molecule has 3 rings (SSSR count). The summed E-state index contributed by atoms with van der Waals surface area (Å²) in [5.41, 5.74) is 1.33. The first-order chi connectivity index (χ1) is 12.1. The second kappa shape index (κ2) is 7.68. The molecular weight excluding hydrogens is 312 g/mol. The molecule has 1 aliphatic rings. The maximum Gasteiger partial charge on any atom is 0.191 e. The van der Waals surface area contributed by atoms with Crippen molar-refractivity contribution in [3.8, 4) is 0 Å². The zero-order valence-corrected chi connectivity index (χ0v) is 15.4. The minimum atomic E-state index is 0.0207. The molecule has 0 spiro atoms. The molecule has 6 heteroatoms. The molecule has 1 aliphatic heterocycles. The van der Waals surface area contributed by atoms with Gasteiger partial charge in [0.05, 0.1) is 6.54 Å². The molecule has 0 unspecified atom stereocenters. The molecule has 0 amide bonds. The molecular formula is C19H28N6. The van der Waals surface area contributed by atoms with Gasteiger partial charge in [0.2, 0.25) is 0 Å². The van der Waals surface area contributed by atoms with E-state index in [0.29, 0.717) is 6.54 Å². The molecule has 0 fully saturated rings. The Bertz CT molecular complexity index is 717. The molecule has 6 nitrogen and oxygen atoms in total.